The molecule has 3 heteroatoms. The molecule has 1 rings (SSSR count). The predicted molar refractivity (Wildman–Crippen MR) is 77.8 cm³/mol. The van der Waals surface area contributed by atoms with Gasteiger partial charge in [-0.3, -0.25) is 0 Å². The number of rotatable bonds is 8. The first-order valence-electron chi connectivity index (χ1n) is 7.19. The molecule has 1 saturated heterocycles. The van der Waals surface area contributed by atoms with Crippen LogP contribution in [0.2, 0.25) is 0 Å². The van der Waals surface area contributed by atoms with E-state index in [1.54, 1.807) is 0 Å². The second-order valence-corrected chi connectivity index (χ2v) is 6.57. The van der Waals surface area contributed by atoms with Crippen molar-refractivity contribution in [1.82, 2.24) is 5.32 Å². The van der Waals surface area contributed by atoms with E-state index in [1.165, 1.54) is 31.4 Å². The SMILES string of the molecule is CCNC(CSC(C)CC)CC1CCOCC1. The van der Waals surface area contributed by atoms with Gasteiger partial charge < -0.3 is 10.1 Å². The minimum absolute atomic E-state index is 0.696. The maximum atomic E-state index is 5.43. The van der Waals surface area contributed by atoms with E-state index in [0.29, 0.717) is 6.04 Å². The van der Waals surface area contributed by atoms with Crippen LogP contribution in [0.4, 0.5) is 0 Å². The van der Waals surface area contributed by atoms with Gasteiger partial charge in [0, 0.05) is 30.3 Å². The Kier molecular flexibility index (Phi) is 8.33. The van der Waals surface area contributed by atoms with Crippen molar-refractivity contribution in [2.75, 3.05) is 25.5 Å². The molecule has 1 fully saturated rings. The Bertz CT molecular complexity index is 183. The van der Waals surface area contributed by atoms with Crippen LogP contribution in [0.15, 0.2) is 0 Å². The van der Waals surface area contributed by atoms with Crippen molar-refractivity contribution in [1.29, 1.82) is 0 Å². The minimum atomic E-state index is 0.696. The van der Waals surface area contributed by atoms with E-state index in [0.717, 1.165) is 30.9 Å². The monoisotopic (exact) mass is 259 g/mol. The number of nitrogens with one attached hydrogen (secondary N) is 1. The molecule has 1 aliphatic heterocycles. The van der Waals surface area contributed by atoms with Crippen molar-refractivity contribution in [2.45, 2.75) is 57.7 Å². The van der Waals surface area contributed by atoms with Crippen LogP contribution in [0, 0.1) is 5.92 Å². The van der Waals surface area contributed by atoms with Crippen molar-refractivity contribution >= 4 is 11.8 Å². The molecule has 0 aliphatic carbocycles. The fraction of sp³-hybridized carbons (Fsp3) is 1.00. The van der Waals surface area contributed by atoms with E-state index in [9.17, 15) is 0 Å². The standard InChI is InChI=1S/C14H29NOS/c1-4-12(3)17-11-14(15-5-2)10-13-6-8-16-9-7-13/h12-15H,4-11H2,1-3H3. The molecule has 0 aromatic heterocycles. The fourth-order valence-corrected chi connectivity index (χ4v) is 3.33. The number of thioether (sulfide) groups is 1. The first kappa shape index (κ1) is 15.3. The van der Waals surface area contributed by atoms with Gasteiger partial charge in [-0.15, -0.1) is 0 Å². The largest absolute Gasteiger partial charge is 0.381 e. The maximum Gasteiger partial charge on any atom is 0.0468 e. The fourth-order valence-electron chi connectivity index (χ4n) is 2.28. The molecule has 2 unspecified atom stereocenters. The normalized spacial score (nSPS) is 21.4. The van der Waals surface area contributed by atoms with Crippen LogP contribution >= 0.6 is 11.8 Å². The molecule has 102 valence electrons. The molecule has 0 spiro atoms. The molecule has 2 atom stereocenters. The molecule has 0 radical (unpaired) electrons. The maximum absolute atomic E-state index is 5.43. The zero-order chi connectivity index (χ0) is 12.5. The van der Waals surface area contributed by atoms with Crippen LogP contribution in [0.5, 0.6) is 0 Å². The summed E-state index contributed by atoms with van der Waals surface area (Å²) >= 11 is 2.12. The molecule has 0 amide bonds. The lowest BCUT2D eigenvalue weighted by atomic mass is 9.93. The van der Waals surface area contributed by atoms with Crippen molar-refractivity contribution in [3.63, 3.8) is 0 Å². The van der Waals surface area contributed by atoms with Gasteiger partial charge >= 0.3 is 0 Å². The molecule has 0 bridgehead atoms. The summed E-state index contributed by atoms with van der Waals surface area (Å²) in [6, 6.07) is 0.696. The zero-order valence-corrected chi connectivity index (χ0v) is 12.5. The Balaban J connectivity index is 2.25. The Morgan fingerprint density at radius 1 is 1.29 bits per heavy atom. The minimum Gasteiger partial charge on any atom is -0.381 e. The van der Waals surface area contributed by atoms with E-state index in [4.69, 9.17) is 4.74 Å². The predicted octanol–water partition coefficient (Wildman–Crippen LogP) is 3.31. The number of hydrogen-bond donors (Lipinski definition) is 1. The average Bonchev–Trinajstić information content (AvgIpc) is 2.37. The van der Waals surface area contributed by atoms with Gasteiger partial charge in [0.1, 0.15) is 0 Å². The third-order valence-corrected chi connectivity index (χ3v) is 5.11. The summed E-state index contributed by atoms with van der Waals surface area (Å²) in [5, 5.41) is 4.44. The summed E-state index contributed by atoms with van der Waals surface area (Å²) in [4.78, 5) is 0. The highest BCUT2D eigenvalue weighted by Gasteiger charge is 2.19. The van der Waals surface area contributed by atoms with Gasteiger partial charge in [0.25, 0.3) is 0 Å². The molecule has 0 aromatic rings. The molecular formula is C14H29NOS. The average molecular weight is 259 g/mol. The Hall–Kier alpha value is 0.270. The smallest absolute Gasteiger partial charge is 0.0468 e. The molecule has 0 aromatic carbocycles. The van der Waals surface area contributed by atoms with Gasteiger partial charge in [0.05, 0.1) is 0 Å². The number of ether oxygens (including phenoxy) is 1. The molecule has 1 N–H and O–H groups in total. The summed E-state index contributed by atoms with van der Waals surface area (Å²) in [7, 11) is 0. The van der Waals surface area contributed by atoms with Crippen LogP contribution in [-0.2, 0) is 4.74 Å². The van der Waals surface area contributed by atoms with Crippen LogP contribution in [0.25, 0.3) is 0 Å². The molecule has 0 saturated carbocycles. The summed E-state index contributed by atoms with van der Waals surface area (Å²) in [6.07, 6.45) is 5.13. The second kappa shape index (κ2) is 9.23. The first-order chi connectivity index (χ1) is 8.26. The highest BCUT2D eigenvalue weighted by molar-refractivity contribution is 7.99. The van der Waals surface area contributed by atoms with Gasteiger partial charge in [0.2, 0.25) is 0 Å². The van der Waals surface area contributed by atoms with Crippen molar-refractivity contribution in [2.24, 2.45) is 5.92 Å². The summed E-state index contributed by atoms with van der Waals surface area (Å²) in [6.45, 7) is 9.87. The summed E-state index contributed by atoms with van der Waals surface area (Å²) in [5.41, 5.74) is 0. The summed E-state index contributed by atoms with van der Waals surface area (Å²) < 4.78 is 5.43. The van der Waals surface area contributed by atoms with Gasteiger partial charge in [0.15, 0.2) is 0 Å². The lowest BCUT2D eigenvalue weighted by Crippen LogP contribution is -2.35. The first-order valence-corrected chi connectivity index (χ1v) is 8.23. The third-order valence-electron chi connectivity index (χ3n) is 3.61. The van der Waals surface area contributed by atoms with Crippen LogP contribution in [-0.4, -0.2) is 36.8 Å². The van der Waals surface area contributed by atoms with E-state index < -0.39 is 0 Å². The molecule has 2 nitrogen and oxygen atoms in total. The topological polar surface area (TPSA) is 21.3 Å². The van der Waals surface area contributed by atoms with Gasteiger partial charge in [-0.2, -0.15) is 11.8 Å². The Morgan fingerprint density at radius 3 is 2.59 bits per heavy atom. The number of hydrogen-bond acceptors (Lipinski definition) is 3. The molecular weight excluding hydrogens is 230 g/mol. The zero-order valence-electron chi connectivity index (χ0n) is 11.7. The van der Waals surface area contributed by atoms with E-state index in [1.807, 2.05) is 0 Å². The molecule has 17 heavy (non-hydrogen) atoms. The van der Waals surface area contributed by atoms with Crippen LogP contribution < -0.4 is 5.32 Å². The highest BCUT2D eigenvalue weighted by Crippen LogP contribution is 2.23. The van der Waals surface area contributed by atoms with E-state index in [2.05, 4.69) is 37.8 Å². The Labute approximate surface area is 111 Å². The van der Waals surface area contributed by atoms with E-state index in [-0.39, 0.29) is 0 Å². The Morgan fingerprint density at radius 2 is 2.00 bits per heavy atom. The molecule has 1 aliphatic rings. The lowest BCUT2D eigenvalue weighted by molar-refractivity contribution is 0.0614. The summed E-state index contributed by atoms with van der Waals surface area (Å²) in [5.74, 6) is 2.14. The second-order valence-electron chi connectivity index (χ2n) is 5.10. The molecule has 1 heterocycles. The van der Waals surface area contributed by atoms with E-state index >= 15 is 0 Å². The van der Waals surface area contributed by atoms with Crippen molar-refractivity contribution in [3.05, 3.63) is 0 Å². The quantitative estimate of drug-likeness (QED) is 0.722. The van der Waals surface area contributed by atoms with Crippen molar-refractivity contribution < 1.29 is 4.74 Å². The van der Waals surface area contributed by atoms with Gasteiger partial charge in [-0.05, 0) is 38.1 Å². The van der Waals surface area contributed by atoms with Gasteiger partial charge in [-0.25, -0.2) is 0 Å². The van der Waals surface area contributed by atoms with Crippen LogP contribution in [0.1, 0.15) is 46.5 Å². The van der Waals surface area contributed by atoms with Crippen LogP contribution in [0.3, 0.4) is 0 Å². The van der Waals surface area contributed by atoms with Gasteiger partial charge in [-0.1, -0.05) is 20.8 Å². The lowest BCUT2D eigenvalue weighted by Gasteiger charge is -2.27. The van der Waals surface area contributed by atoms with Crippen molar-refractivity contribution in [3.8, 4) is 0 Å². The third kappa shape index (κ3) is 6.68. The highest BCUT2D eigenvalue weighted by atomic mass is 32.2.